The Morgan fingerprint density at radius 2 is 1.39 bits per heavy atom. The van der Waals surface area contributed by atoms with Crippen molar-refractivity contribution in [3.8, 4) is 5.75 Å². The molecule has 1 aromatic carbocycles. The number of hydrogen-bond acceptors (Lipinski definition) is 21. The van der Waals surface area contributed by atoms with Crippen LogP contribution in [0.1, 0.15) is 50.4 Å². The first-order valence-electron chi connectivity index (χ1n) is 25.1. The molecular formula is C47H66ClF3N9O15P. The van der Waals surface area contributed by atoms with Crippen LogP contribution in [-0.2, 0) is 70.1 Å². The first-order valence-corrected chi connectivity index (χ1v) is 26.9. The van der Waals surface area contributed by atoms with Gasteiger partial charge in [0.2, 0.25) is 16.9 Å². The van der Waals surface area contributed by atoms with Crippen molar-refractivity contribution in [2.24, 2.45) is 5.41 Å². The molecular weight excluding hydrogens is 1050 g/mol. The highest BCUT2D eigenvalue weighted by Crippen LogP contribution is 2.43. The molecule has 1 amide bonds. The summed E-state index contributed by atoms with van der Waals surface area (Å²) in [6.45, 7) is 8.70. The molecule has 76 heavy (non-hydrogen) atoms. The summed E-state index contributed by atoms with van der Waals surface area (Å²) in [7, 11) is -2.11. The van der Waals surface area contributed by atoms with E-state index >= 15 is 0 Å². The fourth-order valence-electron chi connectivity index (χ4n) is 8.72. The summed E-state index contributed by atoms with van der Waals surface area (Å²) in [6.07, 6.45) is 6.23. The Hall–Kier alpha value is -4.32. The lowest BCUT2D eigenvalue weighted by Gasteiger charge is -2.55. The molecule has 1 spiro atoms. The largest absolute Gasteiger partial charge is 0.420 e. The van der Waals surface area contributed by atoms with Gasteiger partial charge in [-0.2, -0.15) is 15.1 Å². The Labute approximate surface area is 443 Å². The Morgan fingerprint density at radius 3 is 2.05 bits per heavy atom. The summed E-state index contributed by atoms with van der Waals surface area (Å²) < 4.78 is 104. The van der Waals surface area contributed by atoms with Crippen molar-refractivity contribution in [1.82, 2.24) is 39.6 Å². The Balaban J connectivity index is 0.625. The zero-order chi connectivity index (χ0) is 53.5. The highest BCUT2D eigenvalue weighted by Gasteiger charge is 2.47. The number of carbonyl (C=O) groups excluding carboxylic acids is 2. The standard InChI is InChI=1S/C47H66ClF3N9O15P/c48-46-53-44(37-26-52-60(45(37)54-46)41-3-2-36(74-41)29-73-33-76(63)64)58-31-47(32-58)6-1-7-57(30-47)40(61)4-9-65-12-15-68-20-21-71-22-23-72-28-35-27-59(56-55-35)8-11-67-14-17-70-19-18-69-16-13-66-10-5-42(62)75-43-38(50)24-34(49)25-39(43)51/h24-27,36,41,63-64H,1-23,28-33H2. The van der Waals surface area contributed by atoms with Crippen molar-refractivity contribution in [2.75, 3.05) is 143 Å². The molecule has 3 aromatic heterocycles. The summed E-state index contributed by atoms with van der Waals surface area (Å²) >= 11 is 6.44. The number of aromatic nitrogens is 7. The van der Waals surface area contributed by atoms with Gasteiger partial charge in [-0.05, 0) is 37.3 Å². The molecule has 29 heteroatoms. The number of rotatable bonds is 36. The number of amides is 1. The highest BCUT2D eigenvalue weighted by atomic mass is 35.5. The number of benzene rings is 1. The van der Waals surface area contributed by atoms with Gasteiger partial charge in [0.1, 0.15) is 23.7 Å². The second-order valence-electron chi connectivity index (χ2n) is 18.1. The van der Waals surface area contributed by atoms with Crippen LogP contribution < -0.4 is 9.64 Å². The lowest BCUT2D eigenvalue weighted by atomic mass is 9.73. The smallest absolute Gasteiger partial charge is 0.313 e. The van der Waals surface area contributed by atoms with Crippen LogP contribution in [0.15, 0.2) is 24.5 Å². The lowest BCUT2D eigenvalue weighted by Crippen LogP contribution is -2.64. The Morgan fingerprint density at radius 1 is 0.776 bits per heavy atom. The number of piperidine rings is 1. The summed E-state index contributed by atoms with van der Waals surface area (Å²) in [5.41, 5.74) is 1.22. The molecule has 0 saturated carbocycles. The van der Waals surface area contributed by atoms with Crippen molar-refractivity contribution in [2.45, 2.75) is 64.0 Å². The first-order chi connectivity index (χ1) is 36.9. The third kappa shape index (κ3) is 19.0. The number of carbonyl (C=O) groups is 2. The molecule has 0 aliphatic carbocycles. The van der Waals surface area contributed by atoms with Crippen molar-refractivity contribution in [3.05, 3.63) is 53.0 Å². The van der Waals surface area contributed by atoms with E-state index in [4.69, 9.17) is 68.8 Å². The van der Waals surface area contributed by atoms with E-state index in [1.807, 2.05) is 4.90 Å². The van der Waals surface area contributed by atoms with Crippen LogP contribution in [0.4, 0.5) is 19.0 Å². The van der Waals surface area contributed by atoms with Gasteiger partial charge >= 0.3 is 5.97 Å². The average Bonchev–Trinajstić information content (AvgIpc) is 4.18. The van der Waals surface area contributed by atoms with Crippen LogP contribution in [0.2, 0.25) is 5.28 Å². The number of halogens is 4. The molecule has 3 aliphatic rings. The van der Waals surface area contributed by atoms with Crippen LogP contribution in [0.25, 0.3) is 11.0 Å². The van der Waals surface area contributed by atoms with E-state index in [1.165, 1.54) is 0 Å². The fraction of sp³-hybridized carbons (Fsp3) is 0.681. The molecule has 24 nitrogen and oxygen atoms in total. The molecule has 2 unspecified atom stereocenters. The van der Waals surface area contributed by atoms with E-state index in [9.17, 15) is 22.8 Å². The molecule has 3 aliphatic heterocycles. The summed E-state index contributed by atoms with van der Waals surface area (Å²) in [6, 6.07) is 0.842. The van der Waals surface area contributed by atoms with Gasteiger partial charge in [0.25, 0.3) is 0 Å². The minimum atomic E-state index is -2.11. The number of ether oxygens (including phenoxy) is 11. The molecule has 422 valence electrons. The zero-order valence-electron chi connectivity index (χ0n) is 42.2. The quantitative estimate of drug-likeness (QED) is 0.0217. The van der Waals surface area contributed by atoms with Crippen molar-refractivity contribution >= 4 is 48.7 Å². The molecule has 3 saturated heterocycles. The molecule has 7 rings (SSSR count). The number of hydrogen-bond donors (Lipinski definition) is 2. The van der Waals surface area contributed by atoms with Crippen LogP contribution >= 0.6 is 20.0 Å². The predicted molar refractivity (Wildman–Crippen MR) is 263 cm³/mol. The third-order valence-electron chi connectivity index (χ3n) is 12.3. The molecule has 0 bridgehead atoms. The van der Waals surface area contributed by atoms with Gasteiger partial charge in [-0.25, -0.2) is 22.5 Å². The lowest BCUT2D eigenvalue weighted by molar-refractivity contribution is -0.137. The Kier molecular flexibility index (Phi) is 24.5. The van der Waals surface area contributed by atoms with Crippen molar-refractivity contribution in [3.63, 3.8) is 0 Å². The second kappa shape index (κ2) is 31.3. The fourth-order valence-corrected chi connectivity index (χ4v) is 9.15. The molecule has 4 aromatic rings. The summed E-state index contributed by atoms with van der Waals surface area (Å²) in [5, 5.41) is 13.7. The van der Waals surface area contributed by atoms with Gasteiger partial charge in [0.05, 0.1) is 156 Å². The third-order valence-corrected chi connectivity index (χ3v) is 12.8. The zero-order valence-corrected chi connectivity index (χ0v) is 43.8. The maximum atomic E-state index is 13.6. The Bertz CT molecular complexity index is 2390. The molecule has 2 N–H and O–H groups in total. The van der Waals surface area contributed by atoms with Crippen LogP contribution in [-0.4, -0.2) is 206 Å². The number of fused-ring (bicyclic) bond motifs is 1. The number of anilines is 1. The van der Waals surface area contributed by atoms with E-state index in [2.05, 4.69) is 35.0 Å². The highest BCUT2D eigenvalue weighted by molar-refractivity contribution is 7.44. The van der Waals surface area contributed by atoms with Gasteiger partial charge in [-0.15, -0.1) is 5.10 Å². The topological polar surface area (TPSA) is 257 Å². The maximum absolute atomic E-state index is 13.6. The average molecular weight is 1120 g/mol. The number of nitrogens with zero attached hydrogens (tertiary/aromatic N) is 9. The number of esters is 1. The summed E-state index contributed by atoms with van der Waals surface area (Å²) in [5.74, 6) is -4.83. The van der Waals surface area contributed by atoms with Crippen LogP contribution in [0.5, 0.6) is 5.75 Å². The summed E-state index contributed by atoms with van der Waals surface area (Å²) in [4.78, 5) is 56.4. The van der Waals surface area contributed by atoms with E-state index in [1.54, 1.807) is 21.8 Å². The maximum Gasteiger partial charge on any atom is 0.313 e. The second-order valence-corrected chi connectivity index (χ2v) is 19.4. The SMILES string of the molecule is O=C(CCOCCOCCOCCOCCn1cc(COCCOCCOCCOCCC(=O)N2CCCC3(C2)CN(c2nc(Cl)nc4c2cnn4C2CCC(COCP(O)O)O2)C3)nn1)Oc1c(F)cc(F)cc1F. The van der Waals surface area contributed by atoms with Crippen LogP contribution in [0.3, 0.4) is 0 Å². The van der Waals surface area contributed by atoms with E-state index < -0.39 is 37.5 Å². The van der Waals surface area contributed by atoms with Gasteiger partial charge in [0, 0.05) is 43.7 Å². The molecule has 2 atom stereocenters. The molecule has 6 heterocycles. The van der Waals surface area contributed by atoms with E-state index in [0.717, 1.165) is 44.3 Å². The predicted octanol–water partition coefficient (Wildman–Crippen LogP) is 3.58. The van der Waals surface area contributed by atoms with Crippen molar-refractivity contribution < 1.29 is 84.7 Å². The minimum Gasteiger partial charge on any atom is -0.420 e. The van der Waals surface area contributed by atoms with Gasteiger partial charge < -0.3 is 71.7 Å². The molecule has 0 radical (unpaired) electrons. The number of likely N-dealkylation sites (tertiary alicyclic amines) is 1. The van der Waals surface area contributed by atoms with E-state index in [-0.39, 0.29) is 74.7 Å². The van der Waals surface area contributed by atoms with Crippen molar-refractivity contribution in [1.29, 1.82) is 0 Å². The normalized spacial score (nSPS) is 17.4. The minimum absolute atomic E-state index is 0.0374. The molecule has 3 fully saturated rings. The van der Waals surface area contributed by atoms with Gasteiger partial charge in [-0.3, -0.25) is 9.59 Å². The van der Waals surface area contributed by atoms with Crippen LogP contribution in [0, 0.1) is 22.9 Å². The van der Waals surface area contributed by atoms with E-state index in [0.29, 0.717) is 135 Å². The van der Waals surface area contributed by atoms with Gasteiger partial charge in [0.15, 0.2) is 31.9 Å². The van der Waals surface area contributed by atoms with Gasteiger partial charge in [-0.1, -0.05) is 5.21 Å². The monoisotopic (exact) mass is 1120 g/mol. The first kappa shape index (κ1) is 59.3.